The van der Waals surface area contributed by atoms with E-state index in [9.17, 15) is 9.18 Å². The highest BCUT2D eigenvalue weighted by molar-refractivity contribution is 9.10. The van der Waals surface area contributed by atoms with Gasteiger partial charge in [0.1, 0.15) is 11.6 Å². The second-order valence-electron chi connectivity index (χ2n) is 3.55. The van der Waals surface area contributed by atoms with Gasteiger partial charge in [-0.15, -0.1) is 0 Å². The van der Waals surface area contributed by atoms with Crippen molar-refractivity contribution in [2.45, 2.75) is 6.54 Å². The first kappa shape index (κ1) is 12.6. The number of halogens is 2. The van der Waals surface area contributed by atoms with Gasteiger partial charge in [-0.25, -0.2) is 9.18 Å². The summed E-state index contributed by atoms with van der Waals surface area (Å²) in [5.74, 6) is -1.23. The number of hydrogen-bond acceptors (Lipinski definition) is 3. The minimum Gasteiger partial charge on any atom is -0.475 e. The van der Waals surface area contributed by atoms with Crippen molar-refractivity contribution in [3.8, 4) is 0 Å². The fraction of sp³-hybridized carbons (Fsp3) is 0.0833. The molecule has 18 heavy (non-hydrogen) atoms. The molecule has 6 heteroatoms. The van der Waals surface area contributed by atoms with Gasteiger partial charge in [0.05, 0.1) is 12.2 Å². The second kappa shape index (κ2) is 5.22. The van der Waals surface area contributed by atoms with Crippen LogP contribution in [0.15, 0.2) is 39.2 Å². The van der Waals surface area contributed by atoms with Gasteiger partial charge >= 0.3 is 5.97 Å². The van der Waals surface area contributed by atoms with Gasteiger partial charge in [-0.2, -0.15) is 0 Å². The molecule has 2 N–H and O–H groups in total. The van der Waals surface area contributed by atoms with Gasteiger partial charge in [0.15, 0.2) is 0 Å². The lowest BCUT2D eigenvalue weighted by Crippen LogP contribution is -2.00. The van der Waals surface area contributed by atoms with E-state index in [0.29, 0.717) is 11.4 Å². The Morgan fingerprint density at radius 1 is 1.39 bits per heavy atom. The summed E-state index contributed by atoms with van der Waals surface area (Å²) in [7, 11) is 0. The van der Waals surface area contributed by atoms with Crippen LogP contribution in [0.2, 0.25) is 0 Å². The van der Waals surface area contributed by atoms with Crippen molar-refractivity contribution in [2.75, 3.05) is 5.32 Å². The molecule has 0 saturated carbocycles. The maximum atomic E-state index is 13.4. The van der Waals surface area contributed by atoms with Gasteiger partial charge in [-0.1, -0.05) is 15.9 Å². The van der Waals surface area contributed by atoms with E-state index in [-0.39, 0.29) is 18.1 Å². The molecule has 2 rings (SSSR count). The molecule has 0 saturated heterocycles. The summed E-state index contributed by atoms with van der Waals surface area (Å²) in [6, 6.07) is 7.41. The van der Waals surface area contributed by atoms with Crippen molar-refractivity contribution < 1.29 is 18.7 Å². The standard InChI is InChI=1S/C12H9BrFNO3/c13-7-1-3-9(14)10(5-7)15-6-8-2-4-11(18-8)12(16)17/h1-5,15H,6H2,(H,16,17). The zero-order chi connectivity index (χ0) is 13.1. The van der Waals surface area contributed by atoms with E-state index < -0.39 is 5.97 Å². The summed E-state index contributed by atoms with van der Waals surface area (Å²) in [5.41, 5.74) is 0.317. The summed E-state index contributed by atoms with van der Waals surface area (Å²) in [6.45, 7) is 0.209. The molecule has 0 aliphatic carbocycles. The molecule has 0 aliphatic heterocycles. The smallest absolute Gasteiger partial charge is 0.371 e. The predicted molar refractivity (Wildman–Crippen MR) is 67.1 cm³/mol. The van der Waals surface area contributed by atoms with E-state index in [1.54, 1.807) is 12.1 Å². The first-order valence-electron chi connectivity index (χ1n) is 5.07. The van der Waals surface area contributed by atoms with Crippen LogP contribution < -0.4 is 5.32 Å². The Balaban J connectivity index is 2.06. The maximum Gasteiger partial charge on any atom is 0.371 e. The number of hydrogen-bond donors (Lipinski definition) is 2. The lowest BCUT2D eigenvalue weighted by Gasteiger charge is -2.06. The number of anilines is 1. The molecule has 0 aliphatic rings. The molecule has 1 heterocycles. The van der Waals surface area contributed by atoms with Gasteiger partial charge in [-0.3, -0.25) is 0 Å². The monoisotopic (exact) mass is 313 g/mol. The van der Waals surface area contributed by atoms with Crippen molar-refractivity contribution in [1.82, 2.24) is 0 Å². The Morgan fingerprint density at radius 3 is 2.83 bits per heavy atom. The lowest BCUT2D eigenvalue weighted by molar-refractivity contribution is 0.0660. The molecule has 0 fully saturated rings. The lowest BCUT2D eigenvalue weighted by atomic mass is 10.3. The van der Waals surface area contributed by atoms with Crippen LogP contribution in [0.4, 0.5) is 10.1 Å². The third-order valence-electron chi connectivity index (χ3n) is 2.25. The maximum absolute atomic E-state index is 13.4. The summed E-state index contributed by atoms with van der Waals surface area (Å²) in [6.07, 6.45) is 0. The van der Waals surface area contributed by atoms with Crippen LogP contribution in [0.3, 0.4) is 0 Å². The Bertz CT molecular complexity index is 582. The molecule has 1 aromatic heterocycles. The molecular weight excluding hydrogens is 305 g/mol. The number of carboxylic acids is 1. The zero-order valence-corrected chi connectivity index (χ0v) is 10.7. The van der Waals surface area contributed by atoms with Crippen LogP contribution in [0.25, 0.3) is 0 Å². The summed E-state index contributed by atoms with van der Waals surface area (Å²) < 4.78 is 19.2. The van der Waals surface area contributed by atoms with Crippen LogP contribution in [-0.4, -0.2) is 11.1 Å². The predicted octanol–water partition coefficient (Wildman–Crippen LogP) is 3.49. The average molecular weight is 314 g/mol. The highest BCUT2D eigenvalue weighted by Crippen LogP contribution is 2.21. The van der Waals surface area contributed by atoms with Crippen molar-refractivity contribution in [3.05, 3.63) is 52.1 Å². The molecular formula is C12H9BrFNO3. The van der Waals surface area contributed by atoms with Crippen LogP contribution >= 0.6 is 15.9 Å². The second-order valence-corrected chi connectivity index (χ2v) is 4.46. The molecule has 0 atom stereocenters. The third kappa shape index (κ3) is 2.89. The van der Waals surface area contributed by atoms with Gasteiger partial charge < -0.3 is 14.8 Å². The Kier molecular flexibility index (Phi) is 3.66. The highest BCUT2D eigenvalue weighted by Gasteiger charge is 2.09. The van der Waals surface area contributed by atoms with E-state index >= 15 is 0 Å². The quantitative estimate of drug-likeness (QED) is 0.907. The first-order chi connectivity index (χ1) is 8.56. The fourth-order valence-corrected chi connectivity index (χ4v) is 1.76. The van der Waals surface area contributed by atoms with Gasteiger partial charge in [-0.05, 0) is 30.3 Å². The number of carbonyl (C=O) groups is 1. The van der Waals surface area contributed by atoms with Crippen LogP contribution in [0.1, 0.15) is 16.3 Å². The van der Waals surface area contributed by atoms with Crippen molar-refractivity contribution >= 4 is 27.6 Å². The Morgan fingerprint density at radius 2 is 2.17 bits per heavy atom. The van der Waals surface area contributed by atoms with Crippen LogP contribution in [-0.2, 0) is 6.54 Å². The summed E-state index contributed by atoms with van der Waals surface area (Å²) in [5, 5.41) is 11.5. The minimum atomic E-state index is -1.13. The van der Waals surface area contributed by atoms with E-state index in [1.165, 1.54) is 18.2 Å². The molecule has 0 unspecified atom stereocenters. The number of rotatable bonds is 4. The fourth-order valence-electron chi connectivity index (χ4n) is 1.40. The van der Waals surface area contributed by atoms with Crippen molar-refractivity contribution in [1.29, 1.82) is 0 Å². The summed E-state index contributed by atoms with van der Waals surface area (Å²) in [4.78, 5) is 10.6. The number of furan rings is 1. The molecule has 0 spiro atoms. The largest absolute Gasteiger partial charge is 0.475 e. The van der Waals surface area contributed by atoms with Gasteiger partial charge in [0.25, 0.3) is 0 Å². The molecule has 0 radical (unpaired) electrons. The van der Waals surface area contributed by atoms with Gasteiger partial charge in [0.2, 0.25) is 5.76 Å². The Hall–Kier alpha value is -1.82. The number of carboxylic acid groups (broad SMARTS) is 1. The van der Waals surface area contributed by atoms with E-state index in [0.717, 1.165) is 4.47 Å². The van der Waals surface area contributed by atoms with Gasteiger partial charge in [0, 0.05) is 4.47 Å². The number of aromatic carboxylic acids is 1. The van der Waals surface area contributed by atoms with Crippen LogP contribution in [0.5, 0.6) is 0 Å². The average Bonchev–Trinajstić information content (AvgIpc) is 2.79. The minimum absolute atomic E-state index is 0.137. The zero-order valence-electron chi connectivity index (χ0n) is 9.11. The van der Waals surface area contributed by atoms with E-state index in [4.69, 9.17) is 9.52 Å². The number of benzene rings is 1. The molecule has 0 amide bonds. The molecule has 4 nitrogen and oxygen atoms in total. The van der Waals surface area contributed by atoms with Crippen LogP contribution in [0, 0.1) is 5.82 Å². The Labute approximate surface area is 111 Å². The SMILES string of the molecule is O=C(O)c1ccc(CNc2cc(Br)ccc2F)o1. The molecule has 94 valence electrons. The highest BCUT2D eigenvalue weighted by atomic mass is 79.9. The van der Waals surface area contributed by atoms with E-state index in [2.05, 4.69) is 21.2 Å². The molecule has 0 bridgehead atoms. The third-order valence-corrected chi connectivity index (χ3v) is 2.75. The summed E-state index contributed by atoms with van der Waals surface area (Å²) >= 11 is 3.24. The normalized spacial score (nSPS) is 10.3. The molecule has 2 aromatic rings. The van der Waals surface area contributed by atoms with Crippen molar-refractivity contribution in [3.63, 3.8) is 0 Å². The first-order valence-corrected chi connectivity index (χ1v) is 5.86. The topological polar surface area (TPSA) is 62.5 Å². The van der Waals surface area contributed by atoms with Crippen molar-refractivity contribution in [2.24, 2.45) is 0 Å². The van der Waals surface area contributed by atoms with E-state index in [1.807, 2.05) is 0 Å². The molecule has 1 aromatic carbocycles. The number of nitrogens with one attached hydrogen (secondary N) is 1.